The quantitative estimate of drug-likeness (QED) is 0.855. The maximum Gasteiger partial charge on any atom is 0.310 e. The van der Waals surface area contributed by atoms with E-state index in [0.717, 1.165) is 36.0 Å². The summed E-state index contributed by atoms with van der Waals surface area (Å²) in [4.78, 5) is 12.1. The first-order valence-corrected chi connectivity index (χ1v) is 7.94. The summed E-state index contributed by atoms with van der Waals surface area (Å²) < 4.78 is 6.73. The number of halogens is 1. The van der Waals surface area contributed by atoms with Gasteiger partial charge in [-0.05, 0) is 57.5 Å². The van der Waals surface area contributed by atoms with Crippen LogP contribution in [0.15, 0.2) is 28.7 Å². The number of rotatable bonds is 4. The van der Waals surface area contributed by atoms with Gasteiger partial charge in [-0.3, -0.25) is 4.79 Å². The van der Waals surface area contributed by atoms with Gasteiger partial charge in [0.25, 0.3) is 0 Å². The maximum atomic E-state index is 12.1. The molecule has 2 rings (SSSR count). The molecule has 1 aliphatic heterocycles. The van der Waals surface area contributed by atoms with Crippen LogP contribution in [-0.4, -0.2) is 24.7 Å². The van der Waals surface area contributed by atoms with Crippen LogP contribution in [0.25, 0.3) is 0 Å². The number of carbonyl (C=O) groups excluding carboxylic acids is 1. The summed E-state index contributed by atoms with van der Waals surface area (Å²) in [5.74, 6) is 0.293. The second-order valence-electron chi connectivity index (χ2n) is 5.91. The Morgan fingerprint density at radius 3 is 2.75 bits per heavy atom. The average Bonchev–Trinajstić information content (AvgIpc) is 2.39. The van der Waals surface area contributed by atoms with Crippen LogP contribution in [0.3, 0.4) is 0 Å². The van der Waals surface area contributed by atoms with Crippen molar-refractivity contribution in [1.29, 1.82) is 0 Å². The highest BCUT2D eigenvalue weighted by molar-refractivity contribution is 9.10. The molecule has 0 saturated carbocycles. The highest BCUT2D eigenvalue weighted by Gasteiger charge is 2.33. The Kier molecular flexibility index (Phi) is 5.22. The molecule has 0 unspecified atom stereocenters. The van der Waals surface area contributed by atoms with E-state index in [1.165, 1.54) is 0 Å². The summed E-state index contributed by atoms with van der Waals surface area (Å²) in [5, 5.41) is 3.34. The Balaban J connectivity index is 1.92. The van der Waals surface area contributed by atoms with Crippen molar-refractivity contribution in [3.05, 3.63) is 34.3 Å². The van der Waals surface area contributed by atoms with Crippen LogP contribution in [0.4, 0.5) is 0 Å². The molecule has 1 heterocycles. The molecule has 0 aromatic heterocycles. The molecule has 1 N–H and O–H groups in total. The van der Waals surface area contributed by atoms with Crippen LogP contribution in [0.1, 0.15) is 32.3 Å². The summed E-state index contributed by atoms with van der Waals surface area (Å²) >= 11 is 3.42. The Labute approximate surface area is 129 Å². The summed E-state index contributed by atoms with van der Waals surface area (Å²) in [6.45, 7) is 6.08. The van der Waals surface area contributed by atoms with E-state index in [1.807, 2.05) is 38.1 Å². The number of ether oxygens (including phenoxy) is 1. The number of esters is 1. The number of piperidine rings is 1. The monoisotopic (exact) mass is 339 g/mol. The predicted molar refractivity (Wildman–Crippen MR) is 83.6 cm³/mol. The van der Waals surface area contributed by atoms with Crippen LogP contribution >= 0.6 is 15.9 Å². The van der Waals surface area contributed by atoms with Gasteiger partial charge in [0.15, 0.2) is 0 Å². The Bertz CT molecular complexity index is 467. The molecule has 1 aromatic rings. The van der Waals surface area contributed by atoms with Gasteiger partial charge in [-0.15, -0.1) is 0 Å². The van der Waals surface area contributed by atoms with Crippen molar-refractivity contribution >= 4 is 21.9 Å². The zero-order chi connectivity index (χ0) is 14.6. The topological polar surface area (TPSA) is 38.3 Å². The van der Waals surface area contributed by atoms with Gasteiger partial charge in [0.2, 0.25) is 0 Å². The predicted octanol–water partition coefficient (Wildman–Crippen LogP) is 3.31. The van der Waals surface area contributed by atoms with E-state index in [4.69, 9.17) is 4.74 Å². The van der Waals surface area contributed by atoms with E-state index in [1.54, 1.807) is 0 Å². The molecule has 3 nitrogen and oxygen atoms in total. The van der Waals surface area contributed by atoms with Crippen LogP contribution in [0.2, 0.25) is 0 Å². The molecule has 0 spiro atoms. The minimum absolute atomic E-state index is 0.147. The summed E-state index contributed by atoms with van der Waals surface area (Å²) in [6, 6.07) is 7.79. The number of nitrogens with one attached hydrogen (secondary N) is 1. The van der Waals surface area contributed by atoms with Gasteiger partial charge in [-0.1, -0.05) is 28.1 Å². The highest BCUT2D eigenvalue weighted by Crippen LogP contribution is 2.29. The largest absolute Gasteiger partial charge is 0.459 e. The number of hydrogen-bond acceptors (Lipinski definition) is 3. The van der Waals surface area contributed by atoms with Crippen LogP contribution < -0.4 is 5.32 Å². The third-order valence-electron chi connectivity index (χ3n) is 3.94. The van der Waals surface area contributed by atoms with Gasteiger partial charge >= 0.3 is 5.97 Å². The molecule has 1 saturated heterocycles. The van der Waals surface area contributed by atoms with Gasteiger partial charge in [0, 0.05) is 10.4 Å². The molecule has 4 heteroatoms. The van der Waals surface area contributed by atoms with Gasteiger partial charge in [-0.25, -0.2) is 0 Å². The molecular formula is C16H22BrNO2. The number of benzene rings is 1. The smallest absolute Gasteiger partial charge is 0.310 e. The van der Waals surface area contributed by atoms with Crippen molar-refractivity contribution in [2.75, 3.05) is 13.1 Å². The Morgan fingerprint density at radius 2 is 2.10 bits per heavy atom. The molecule has 0 amide bonds. The molecule has 1 aromatic carbocycles. The Hall–Kier alpha value is -0.870. The fourth-order valence-electron chi connectivity index (χ4n) is 2.74. The lowest BCUT2D eigenvalue weighted by molar-refractivity contribution is -0.161. The number of carbonyl (C=O) groups is 1. The van der Waals surface area contributed by atoms with Crippen LogP contribution in [-0.2, 0) is 16.0 Å². The van der Waals surface area contributed by atoms with Gasteiger partial charge in [0.1, 0.15) is 5.60 Å². The van der Waals surface area contributed by atoms with E-state index < -0.39 is 0 Å². The molecule has 1 aliphatic rings. The van der Waals surface area contributed by atoms with E-state index in [9.17, 15) is 4.79 Å². The minimum Gasteiger partial charge on any atom is -0.459 e. The lowest BCUT2D eigenvalue weighted by atomic mass is 9.83. The second kappa shape index (κ2) is 6.72. The van der Waals surface area contributed by atoms with Crippen LogP contribution in [0.5, 0.6) is 0 Å². The third-order valence-corrected chi connectivity index (χ3v) is 4.43. The Morgan fingerprint density at radius 1 is 1.40 bits per heavy atom. The van der Waals surface area contributed by atoms with E-state index in [2.05, 4.69) is 21.2 Å². The normalized spacial score (nSPS) is 16.9. The van der Waals surface area contributed by atoms with Gasteiger partial charge < -0.3 is 10.1 Å². The first-order chi connectivity index (χ1) is 9.47. The molecule has 0 bridgehead atoms. The lowest BCUT2D eigenvalue weighted by Gasteiger charge is -2.36. The van der Waals surface area contributed by atoms with Crippen molar-refractivity contribution in [2.45, 2.75) is 38.7 Å². The van der Waals surface area contributed by atoms with Crippen molar-refractivity contribution in [3.63, 3.8) is 0 Å². The lowest BCUT2D eigenvalue weighted by Crippen LogP contribution is -2.43. The van der Waals surface area contributed by atoms with E-state index in [0.29, 0.717) is 12.3 Å². The third kappa shape index (κ3) is 4.32. The summed E-state index contributed by atoms with van der Waals surface area (Å²) in [6.07, 6.45) is 2.46. The summed E-state index contributed by atoms with van der Waals surface area (Å²) in [7, 11) is 0. The number of hydrogen-bond donors (Lipinski definition) is 1. The molecule has 0 radical (unpaired) electrons. The fraction of sp³-hybridized carbons (Fsp3) is 0.562. The summed E-state index contributed by atoms with van der Waals surface area (Å²) in [5.41, 5.74) is 0.594. The maximum absolute atomic E-state index is 12.1. The molecule has 110 valence electrons. The zero-order valence-corrected chi connectivity index (χ0v) is 13.7. The first-order valence-electron chi connectivity index (χ1n) is 7.14. The van der Waals surface area contributed by atoms with Crippen LogP contribution in [0, 0.1) is 5.92 Å². The van der Waals surface area contributed by atoms with E-state index >= 15 is 0 Å². The highest BCUT2D eigenvalue weighted by atomic mass is 79.9. The molecule has 0 atom stereocenters. The van der Waals surface area contributed by atoms with Crippen molar-refractivity contribution in [3.8, 4) is 0 Å². The molecule has 1 fully saturated rings. The zero-order valence-electron chi connectivity index (χ0n) is 12.1. The van der Waals surface area contributed by atoms with Gasteiger partial charge in [0.05, 0.1) is 6.42 Å². The standard InChI is InChI=1S/C16H22BrNO2/c1-16(2,13-6-8-18-9-7-13)20-15(19)11-12-4-3-5-14(17)10-12/h3-5,10,13,18H,6-9,11H2,1-2H3. The van der Waals surface area contributed by atoms with Gasteiger partial charge in [-0.2, -0.15) is 0 Å². The van der Waals surface area contributed by atoms with Crippen molar-refractivity contribution < 1.29 is 9.53 Å². The van der Waals surface area contributed by atoms with Crippen molar-refractivity contribution in [2.24, 2.45) is 5.92 Å². The fourth-order valence-corrected chi connectivity index (χ4v) is 3.19. The minimum atomic E-state index is -0.384. The first kappa shape index (κ1) is 15.5. The SMILES string of the molecule is CC(C)(OC(=O)Cc1cccc(Br)c1)C1CCNCC1. The molecular weight excluding hydrogens is 318 g/mol. The molecule has 0 aliphatic carbocycles. The average molecular weight is 340 g/mol. The molecule has 20 heavy (non-hydrogen) atoms. The van der Waals surface area contributed by atoms with Crippen molar-refractivity contribution in [1.82, 2.24) is 5.32 Å². The van der Waals surface area contributed by atoms with E-state index in [-0.39, 0.29) is 11.6 Å². The second-order valence-corrected chi connectivity index (χ2v) is 6.82.